The van der Waals surface area contributed by atoms with Crippen LogP contribution < -0.4 is 5.32 Å². The predicted molar refractivity (Wildman–Crippen MR) is 120 cm³/mol. The van der Waals surface area contributed by atoms with Gasteiger partial charge in [-0.25, -0.2) is 4.39 Å². The van der Waals surface area contributed by atoms with Gasteiger partial charge < -0.3 is 9.88 Å². The number of nitrogens with zero attached hydrogens (tertiary/aromatic N) is 3. The average Bonchev–Trinajstić information content (AvgIpc) is 3.04. The maximum Gasteiger partial charge on any atom is 0.234 e. The number of aromatic nitrogens is 1. The van der Waals surface area contributed by atoms with Crippen LogP contribution in [0, 0.1) is 26.6 Å². The number of Topliss-reactive ketones (excluding diaryl/α,β-unsaturated/α-hetero) is 1. The number of carbonyl (C=O) groups excluding carboxylic acids is 2. The van der Waals surface area contributed by atoms with E-state index < -0.39 is 0 Å². The van der Waals surface area contributed by atoms with Crippen molar-refractivity contribution in [2.24, 2.45) is 0 Å². The zero-order chi connectivity index (χ0) is 22.5. The monoisotopic (exact) mass is 426 g/mol. The summed E-state index contributed by atoms with van der Waals surface area (Å²) in [5, 5.41) is 2.79. The highest BCUT2D eigenvalue weighted by Gasteiger charge is 2.23. The normalized spacial score (nSPS) is 15.1. The first-order chi connectivity index (χ1) is 14.8. The molecule has 2 aromatic rings. The molecule has 6 nitrogen and oxygen atoms in total. The van der Waals surface area contributed by atoms with Crippen molar-refractivity contribution in [1.82, 2.24) is 19.7 Å². The molecule has 1 aromatic heterocycles. The molecule has 7 heteroatoms. The highest BCUT2D eigenvalue weighted by molar-refractivity contribution is 5.99. The number of benzene rings is 1. The summed E-state index contributed by atoms with van der Waals surface area (Å²) in [5.74, 6) is -0.206. The summed E-state index contributed by atoms with van der Waals surface area (Å²) < 4.78 is 16.0. The molecule has 0 unspecified atom stereocenters. The highest BCUT2D eigenvalue weighted by Crippen LogP contribution is 2.23. The molecule has 166 valence electrons. The summed E-state index contributed by atoms with van der Waals surface area (Å²) in [4.78, 5) is 29.1. The van der Waals surface area contributed by atoms with Crippen molar-refractivity contribution in [1.29, 1.82) is 0 Å². The molecular formula is C24H31FN4O2. The number of hydrogen-bond acceptors (Lipinski definition) is 4. The second-order valence-corrected chi connectivity index (χ2v) is 8.12. The number of nitrogens with one attached hydrogen (secondary N) is 1. The average molecular weight is 427 g/mol. The topological polar surface area (TPSA) is 57.6 Å². The first-order valence-corrected chi connectivity index (χ1v) is 10.6. The van der Waals surface area contributed by atoms with Crippen LogP contribution in [-0.2, 0) is 4.79 Å². The maximum absolute atomic E-state index is 14.1. The Balaban J connectivity index is 1.61. The van der Waals surface area contributed by atoms with E-state index in [-0.39, 0.29) is 17.5 Å². The minimum atomic E-state index is -0.256. The first-order valence-electron chi connectivity index (χ1n) is 10.6. The first kappa shape index (κ1) is 22.9. The van der Waals surface area contributed by atoms with E-state index in [9.17, 15) is 14.0 Å². The van der Waals surface area contributed by atoms with E-state index in [0.717, 1.165) is 43.3 Å². The molecule has 0 saturated carbocycles. The predicted octanol–water partition coefficient (Wildman–Crippen LogP) is 2.64. The Kier molecular flexibility index (Phi) is 7.41. The van der Waals surface area contributed by atoms with E-state index in [1.54, 1.807) is 19.1 Å². The van der Waals surface area contributed by atoms with E-state index in [0.29, 0.717) is 30.8 Å². The molecule has 1 amide bonds. The van der Waals surface area contributed by atoms with E-state index in [1.165, 1.54) is 6.07 Å². The molecule has 1 aliphatic rings. The standard InChI is InChI=1S/C24H31FN4O2/c1-5-8-26-24(31)16-28-11-9-27(10-12-28)15-23(30)21-13-18(3)29(19(21)4)20-7-6-17(2)22(25)14-20/h5-7,13-14H,1,8-12,15-16H2,2-4H3,(H,26,31). The molecule has 0 atom stereocenters. The summed E-state index contributed by atoms with van der Waals surface area (Å²) in [6, 6.07) is 7.02. The molecule has 1 N–H and O–H groups in total. The number of carbonyl (C=O) groups is 2. The van der Waals surface area contributed by atoms with Gasteiger partial charge in [0.25, 0.3) is 0 Å². The van der Waals surface area contributed by atoms with Gasteiger partial charge >= 0.3 is 0 Å². The molecule has 1 aliphatic heterocycles. The van der Waals surface area contributed by atoms with Crippen LogP contribution in [-0.4, -0.2) is 71.9 Å². The van der Waals surface area contributed by atoms with Crippen molar-refractivity contribution in [3.05, 3.63) is 65.3 Å². The quantitative estimate of drug-likeness (QED) is 0.521. The molecule has 0 aliphatic carbocycles. The Morgan fingerprint density at radius 2 is 1.71 bits per heavy atom. The molecule has 0 bridgehead atoms. The molecule has 1 fully saturated rings. The molecule has 2 heterocycles. The highest BCUT2D eigenvalue weighted by atomic mass is 19.1. The Morgan fingerprint density at radius 1 is 1.06 bits per heavy atom. The van der Waals surface area contributed by atoms with Crippen LogP contribution in [0.1, 0.15) is 27.3 Å². The van der Waals surface area contributed by atoms with Crippen molar-refractivity contribution < 1.29 is 14.0 Å². The summed E-state index contributed by atoms with van der Waals surface area (Å²) in [5.41, 5.74) is 3.72. The van der Waals surface area contributed by atoms with Crippen LogP contribution in [0.25, 0.3) is 5.69 Å². The van der Waals surface area contributed by atoms with Gasteiger partial charge in [0, 0.05) is 55.4 Å². The molecule has 0 spiro atoms. The lowest BCUT2D eigenvalue weighted by Crippen LogP contribution is -2.50. The van der Waals surface area contributed by atoms with Crippen molar-refractivity contribution in [2.75, 3.05) is 45.8 Å². The molecule has 3 rings (SSSR count). The zero-order valence-corrected chi connectivity index (χ0v) is 18.6. The van der Waals surface area contributed by atoms with Crippen molar-refractivity contribution in [2.45, 2.75) is 20.8 Å². The summed E-state index contributed by atoms with van der Waals surface area (Å²) >= 11 is 0. The molecule has 1 saturated heterocycles. The van der Waals surface area contributed by atoms with Crippen LogP contribution in [0.2, 0.25) is 0 Å². The van der Waals surface area contributed by atoms with Gasteiger partial charge in [-0.05, 0) is 44.5 Å². The Morgan fingerprint density at radius 3 is 2.32 bits per heavy atom. The number of aryl methyl sites for hydroxylation is 2. The van der Waals surface area contributed by atoms with Gasteiger partial charge in [0.05, 0.1) is 13.1 Å². The third-order valence-corrected chi connectivity index (χ3v) is 5.79. The lowest BCUT2D eigenvalue weighted by molar-refractivity contribution is -0.122. The lowest BCUT2D eigenvalue weighted by atomic mass is 10.1. The third-order valence-electron chi connectivity index (χ3n) is 5.79. The second kappa shape index (κ2) is 10.0. The van der Waals surface area contributed by atoms with E-state index in [4.69, 9.17) is 0 Å². The van der Waals surface area contributed by atoms with Gasteiger partial charge in [0.15, 0.2) is 5.78 Å². The van der Waals surface area contributed by atoms with Crippen LogP contribution in [0.3, 0.4) is 0 Å². The van der Waals surface area contributed by atoms with Crippen molar-refractivity contribution in [3.8, 4) is 5.69 Å². The van der Waals surface area contributed by atoms with Gasteiger partial charge in [0.1, 0.15) is 5.82 Å². The number of ketones is 1. The Labute approximate surface area is 183 Å². The van der Waals surface area contributed by atoms with E-state index in [1.807, 2.05) is 30.5 Å². The summed E-state index contributed by atoms with van der Waals surface area (Å²) in [7, 11) is 0. The van der Waals surface area contributed by atoms with Gasteiger partial charge in [0.2, 0.25) is 5.91 Å². The fourth-order valence-electron chi connectivity index (χ4n) is 4.00. The number of rotatable bonds is 8. The lowest BCUT2D eigenvalue weighted by Gasteiger charge is -2.33. The van der Waals surface area contributed by atoms with Gasteiger partial charge in [-0.2, -0.15) is 0 Å². The largest absolute Gasteiger partial charge is 0.352 e. The second-order valence-electron chi connectivity index (χ2n) is 8.12. The van der Waals surface area contributed by atoms with Gasteiger partial charge in [-0.1, -0.05) is 12.1 Å². The molecule has 31 heavy (non-hydrogen) atoms. The Hall–Kier alpha value is -2.77. The minimum Gasteiger partial charge on any atom is -0.352 e. The summed E-state index contributed by atoms with van der Waals surface area (Å²) in [6.45, 7) is 13.3. The zero-order valence-electron chi connectivity index (χ0n) is 18.6. The fourth-order valence-corrected chi connectivity index (χ4v) is 4.00. The number of hydrogen-bond donors (Lipinski definition) is 1. The van der Waals surface area contributed by atoms with Crippen molar-refractivity contribution >= 4 is 11.7 Å². The third kappa shape index (κ3) is 5.48. The maximum atomic E-state index is 14.1. The van der Waals surface area contributed by atoms with Crippen LogP contribution in [0.5, 0.6) is 0 Å². The fraction of sp³-hybridized carbons (Fsp3) is 0.417. The molecule has 1 aromatic carbocycles. The van der Waals surface area contributed by atoms with Crippen LogP contribution in [0.15, 0.2) is 36.9 Å². The smallest absolute Gasteiger partial charge is 0.234 e. The van der Waals surface area contributed by atoms with E-state index >= 15 is 0 Å². The number of piperazine rings is 1. The number of amides is 1. The van der Waals surface area contributed by atoms with E-state index in [2.05, 4.69) is 21.7 Å². The SMILES string of the molecule is C=CCNC(=O)CN1CCN(CC(=O)c2cc(C)n(-c3ccc(C)c(F)c3)c2C)CC1. The van der Waals surface area contributed by atoms with Crippen molar-refractivity contribution in [3.63, 3.8) is 0 Å². The molecule has 0 radical (unpaired) electrons. The van der Waals surface area contributed by atoms with Gasteiger partial charge in [-0.3, -0.25) is 19.4 Å². The number of halogens is 1. The Bertz CT molecular complexity index is 974. The molecular weight excluding hydrogens is 395 g/mol. The van der Waals surface area contributed by atoms with Crippen LogP contribution >= 0.6 is 0 Å². The van der Waals surface area contributed by atoms with Crippen LogP contribution in [0.4, 0.5) is 4.39 Å². The van der Waals surface area contributed by atoms with Gasteiger partial charge in [-0.15, -0.1) is 6.58 Å². The minimum absolute atomic E-state index is 0.00981. The summed E-state index contributed by atoms with van der Waals surface area (Å²) in [6.07, 6.45) is 1.66.